The average molecular weight is 471 g/mol. The van der Waals surface area contributed by atoms with Crippen molar-refractivity contribution in [1.29, 1.82) is 0 Å². The van der Waals surface area contributed by atoms with Gasteiger partial charge in [0.25, 0.3) is 0 Å². The van der Waals surface area contributed by atoms with Crippen molar-refractivity contribution in [2.45, 2.75) is 13.0 Å². The van der Waals surface area contributed by atoms with Gasteiger partial charge >= 0.3 is 5.97 Å². The Labute approximate surface area is 198 Å². The van der Waals surface area contributed by atoms with Gasteiger partial charge in [-0.3, -0.25) is 14.9 Å². The summed E-state index contributed by atoms with van der Waals surface area (Å²) in [6.45, 7) is 4.76. The summed E-state index contributed by atoms with van der Waals surface area (Å²) >= 11 is 6.14. The zero-order valence-corrected chi connectivity index (χ0v) is 19.4. The lowest BCUT2D eigenvalue weighted by Crippen LogP contribution is -2.57. The van der Waals surface area contributed by atoms with Gasteiger partial charge in [0, 0.05) is 36.9 Å². The summed E-state index contributed by atoms with van der Waals surface area (Å²) in [4.78, 5) is 34.7. The maximum Gasteiger partial charge on any atom is 0.321 e. The molecule has 0 radical (unpaired) electrons. The lowest BCUT2D eigenvalue weighted by molar-refractivity contribution is -0.153. The molecule has 2 aromatic rings. The number of hydrogen-bond donors (Lipinski definition) is 1. The number of carbonyl (C=O) groups excluding carboxylic acids is 2. The van der Waals surface area contributed by atoms with E-state index in [0.29, 0.717) is 29.8 Å². The number of ether oxygens (including phenoxy) is 2. The third-order valence-corrected chi connectivity index (χ3v) is 6.08. The van der Waals surface area contributed by atoms with Crippen LogP contribution in [0.3, 0.4) is 0 Å². The van der Waals surface area contributed by atoms with Crippen LogP contribution in [0, 0.1) is 5.92 Å². The van der Waals surface area contributed by atoms with E-state index in [4.69, 9.17) is 26.1 Å². The maximum atomic E-state index is 13.0. The summed E-state index contributed by atoms with van der Waals surface area (Å²) in [5, 5.41) is 3.53. The number of nitrogens with zero attached hydrogens (tertiary/aromatic N) is 3. The topological polar surface area (TPSA) is 83.5 Å². The van der Waals surface area contributed by atoms with Crippen molar-refractivity contribution in [3.05, 3.63) is 59.1 Å². The molecule has 0 aromatic heterocycles. The number of guanidine groups is 1. The Bertz CT molecular complexity index is 1040. The van der Waals surface area contributed by atoms with Crippen LogP contribution in [-0.2, 0) is 14.3 Å². The molecule has 4 rings (SSSR count). The molecule has 0 saturated carbocycles. The summed E-state index contributed by atoms with van der Waals surface area (Å²) in [7, 11) is 1.59. The first-order valence-corrected chi connectivity index (χ1v) is 11.3. The van der Waals surface area contributed by atoms with Crippen LogP contribution < -0.4 is 15.0 Å². The van der Waals surface area contributed by atoms with Crippen molar-refractivity contribution in [1.82, 2.24) is 10.2 Å². The summed E-state index contributed by atoms with van der Waals surface area (Å²) < 4.78 is 10.4. The third-order valence-electron chi connectivity index (χ3n) is 5.84. The summed E-state index contributed by atoms with van der Waals surface area (Å²) in [6.07, 6.45) is 0. The monoisotopic (exact) mass is 470 g/mol. The van der Waals surface area contributed by atoms with Gasteiger partial charge in [0.2, 0.25) is 11.9 Å². The first-order chi connectivity index (χ1) is 16.0. The fraction of sp³-hybridized carbons (Fsp3) is 0.375. The van der Waals surface area contributed by atoms with Crippen LogP contribution in [0.4, 0.5) is 5.69 Å². The molecule has 2 aliphatic heterocycles. The van der Waals surface area contributed by atoms with Crippen LogP contribution in [0.5, 0.6) is 5.75 Å². The second-order valence-corrected chi connectivity index (χ2v) is 8.28. The number of piperazine rings is 1. The Morgan fingerprint density at radius 2 is 1.82 bits per heavy atom. The highest BCUT2D eigenvalue weighted by Gasteiger charge is 2.42. The van der Waals surface area contributed by atoms with Gasteiger partial charge in [-0.25, -0.2) is 4.99 Å². The van der Waals surface area contributed by atoms with Crippen molar-refractivity contribution in [2.24, 2.45) is 10.9 Å². The van der Waals surface area contributed by atoms with Crippen molar-refractivity contribution in [3.63, 3.8) is 0 Å². The lowest BCUT2D eigenvalue weighted by Gasteiger charge is -2.39. The van der Waals surface area contributed by atoms with Gasteiger partial charge in [0.05, 0.1) is 13.7 Å². The number of hydrogen-bond acceptors (Lipinski definition) is 7. The largest absolute Gasteiger partial charge is 0.497 e. The normalized spacial score (nSPS) is 20.7. The molecule has 0 unspecified atom stereocenters. The molecule has 2 heterocycles. The van der Waals surface area contributed by atoms with Crippen LogP contribution in [0.2, 0.25) is 5.02 Å². The Kier molecular flexibility index (Phi) is 7.03. The van der Waals surface area contributed by atoms with E-state index >= 15 is 0 Å². The molecule has 0 spiro atoms. The van der Waals surface area contributed by atoms with E-state index in [1.807, 2.05) is 41.3 Å². The zero-order chi connectivity index (χ0) is 23.4. The predicted octanol–water partition coefficient (Wildman–Crippen LogP) is 2.88. The summed E-state index contributed by atoms with van der Waals surface area (Å²) in [6, 6.07) is 14.3. The average Bonchev–Trinajstić information content (AvgIpc) is 2.84. The van der Waals surface area contributed by atoms with Crippen LogP contribution in [-0.4, -0.2) is 62.6 Å². The van der Waals surface area contributed by atoms with E-state index in [1.165, 1.54) is 0 Å². The minimum Gasteiger partial charge on any atom is -0.497 e. The van der Waals surface area contributed by atoms with E-state index in [9.17, 15) is 9.59 Å². The summed E-state index contributed by atoms with van der Waals surface area (Å²) in [5.74, 6) is -0.865. The first kappa shape index (κ1) is 22.9. The molecule has 2 aromatic carbocycles. The Balaban J connectivity index is 1.56. The van der Waals surface area contributed by atoms with Crippen LogP contribution in [0.15, 0.2) is 53.5 Å². The number of halogens is 1. The number of rotatable bonds is 5. The molecular formula is C24H27ClN4O4. The molecule has 9 heteroatoms. The molecule has 8 nitrogen and oxygen atoms in total. The highest BCUT2D eigenvalue weighted by molar-refractivity contribution is 6.30. The van der Waals surface area contributed by atoms with Crippen molar-refractivity contribution in [3.8, 4) is 5.75 Å². The predicted molar refractivity (Wildman–Crippen MR) is 127 cm³/mol. The number of nitrogens with one attached hydrogen (secondary N) is 1. The highest BCUT2D eigenvalue weighted by atomic mass is 35.5. The Morgan fingerprint density at radius 3 is 2.45 bits per heavy atom. The fourth-order valence-corrected chi connectivity index (χ4v) is 4.30. The second kappa shape index (κ2) is 10.1. The van der Waals surface area contributed by atoms with E-state index in [-0.39, 0.29) is 6.61 Å². The van der Waals surface area contributed by atoms with Crippen LogP contribution >= 0.6 is 11.6 Å². The van der Waals surface area contributed by atoms with E-state index in [0.717, 1.165) is 24.3 Å². The number of amides is 1. The van der Waals surface area contributed by atoms with Gasteiger partial charge in [0.15, 0.2) is 5.92 Å². The first-order valence-electron chi connectivity index (χ1n) is 10.9. The number of esters is 1. The smallest absolute Gasteiger partial charge is 0.321 e. The molecule has 2 aliphatic rings. The van der Waals surface area contributed by atoms with Crippen molar-refractivity contribution < 1.29 is 19.1 Å². The molecule has 0 bridgehead atoms. The lowest BCUT2D eigenvalue weighted by atomic mass is 9.91. The van der Waals surface area contributed by atoms with E-state index in [2.05, 4.69) is 10.2 Å². The minimum absolute atomic E-state index is 0.194. The minimum atomic E-state index is -1.05. The number of anilines is 1. The van der Waals surface area contributed by atoms with Gasteiger partial charge in [0.1, 0.15) is 11.8 Å². The molecule has 1 saturated heterocycles. The molecule has 0 aliphatic carbocycles. The molecule has 1 N–H and O–H groups in total. The van der Waals surface area contributed by atoms with Gasteiger partial charge < -0.3 is 19.3 Å². The van der Waals surface area contributed by atoms with Crippen LogP contribution in [0.1, 0.15) is 18.5 Å². The third kappa shape index (κ3) is 5.06. The second-order valence-electron chi connectivity index (χ2n) is 7.84. The van der Waals surface area contributed by atoms with E-state index < -0.39 is 23.8 Å². The van der Waals surface area contributed by atoms with Gasteiger partial charge in [-0.2, -0.15) is 0 Å². The van der Waals surface area contributed by atoms with Crippen molar-refractivity contribution in [2.75, 3.05) is 44.8 Å². The standard InChI is InChI=1S/C24H27ClN4O4/c1-3-33-23(31)20-21(16-7-9-19(32-2)10-8-16)26-24(27-22(20)30)29-13-11-28(12-14-29)18-6-4-5-17(25)15-18/h4-10,15,20-21H,3,11-14H2,1-2H3,(H,26,27,30)/t20-,21+/m1/s1. The highest BCUT2D eigenvalue weighted by Crippen LogP contribution is 2.32. The quantitative estimate of drug-likeness (QED) is 0.534. The molecule has 33 heavy (non-hydrogen) atoms. The molecule has 174 valence electrons. The van der Waals surface area contributed by atoms with Gasteiger partial charge in [-0.15, -0.1) is 0 Å². The number of carbonyl (C=O) groups is 2. The number of methoxy groups -OCH3 is 1. The SMILES string of the molecule is CCOC(=O)[C@H]1C(=O)NC(N2CCN(c3cccc(Cl)c3)CC2)=N[C@H]1c1ccc(OC)cc1. The molecule has 1 fully saturated rings. The molecular weight excluding hydrogens is 444 g/mol. The van der Waals surface area contributed by atoms with Crippen molar-refractivity contribution >= 4 is 35.1 Å². The number of benzene rings is 2. The number of aliphatic imine (C=N–C) groups is 1. The van der Waals surface area contributed by atoms with Gasteiger partial charge in [-0.1, -0.05) is 29.8 Å². The van der Waals surface area contributed by atoms with E-state index in [1.54, 1.807) is 26.2 Å². The maximum absolute atomic E-state index is 13.0. The Hall–Kier alpha value is -3.26. The molecule has 2 atom stereocenters. The summed E-state index contributed by atoms with van der Waals surface area (Å²) in [5.41, 5.74) is 1.81. The zero-order valence-electron chi connectivity index (χ0n) is 18.7. The van der Waals surface area contributed by atoms with Crippen LogP contribution in [0.25, 0.3) is 0 Å². The Morgan fingerprint density at radius 1 is 1.12 bits per heavy atom. The molecule has 1 amide bonds. The van der Waals surface area contributed by atoms with Gasteiger partial charge in [-0.05, 0) is 42.8 Å². The fourth-order valence-electron chi connectivity index (χ4n) is 4.12.